The molecule has 3 aliphatic heterocycles. The summed E-state index contributed by atoms with van der Waals surface area (Å²) in [6, 6.07) is 10.9. The maximum Gasteiger partial charge on any atom is 0.308 e. The normalized spacial score (nSPS) is 22.2. The molecule has 0 aromatic heterocycles. The molecule has 0 spiro atoms. The van der Waals surface area contributed by atoms with Crippen molar-refractivity contribution < 1.29 is 33.7 Å². The maximum atomic E-state index is 14.1. The molecule has 3 atom stereocenters. The summed E-state index contributed by atoms with van der Waals surface area (Å²) in [4.78, 5) is 45.6. The number of carboxylic acid groups (broad SMARTS) is 1. The molecule has 3 N–H and O–H groups in total. The Hall–Kier alpha value is -3.83. The van der Waals surface area contributed by atoms with E-state index >= 15 is 0 Å². The van der Waals surface area contributed by atoms with Crippen LogP contribution in [0, 0.1) is 11.3 Å². The van der Waals surface area contributed by atoms with E-state index in [1.165, 1.54) is 7.11 Å². The molecular formula is C34H46N4O7. The summed E-state index contributed by atoms with van der Waals surface area (Å²) in [7, 11) is 1.54. The van der Waals surface area contributed by atoms with Crippen molar-refractivity contribution in [1.29, 1.82) is 0 Å². The van der Waals surface area contributed by atoms with Gasteiger partial charge in [0.15, 0.2) is 11.5 Å². The van der Waals surface area contributed by atoms with Gasteiger partial charge in [-0.3, -0.25) is 19.3 Å². The quantitative estimate of drug-likeness (QED) is 0.342. The van der Waals surface area contributed by atoms with Crippen molar-refractivity contribution >= 4 is 23.5 Å². The van der Waals surface area contributed by atoms with E-state index in [9.17, 15) is 19.5 Å². The molecule has 11 heteroatoms. The van der Waals surface area contributed by atoms with E-state index in [0.717, 1.165) is 29.7 Å². The van der Waals surface area contributed by atoms with Gasteiger partial charge in [-0.25, -0.2) is 0 Å². The van der Waals surface area contributed by atoms with Crippen molar-refractivity contribution in [2.24, 2.45) is 17.1 Å². The van der Waals surface area contributed by atoms with E-state index in [4.69, 9.17) is 19.9 Å². The highest BCUT2D eigenvalue weighted by Crippen LogP contribution is 2.47. The van der Waals surface area contributed by atoms with Crippen molar-refractivity contribution in [1.82, 2.24) is 9.80 Å². The third-order valence-electron chi connectivity index (χ3n) is 9.27. The molecule has 3 aliphatic rings. The average Bonchev–Trinajstić information content (AvgIpc) is 3.70. The minimum atomic E-state index is -0.942. The Labute approximate surface area is 265 Å². The summed E-state index contributed by atoms with van der Waals surface area (Å²) < 4.78 is 16.8. The van der Waals surface area contributed by atoms with E-state index < -0.39 is 23.8 Å². The van der Waals surface area contributed by atoms with Crippen molar-refractivity contribution in [2.75, 3.05) is 51.5 Å². The topological polar surface area (TPSA) is 135 Å². The Morgan fingerprint density at radius 1 is 1.20 bits per heavy atom. The van der Waals surface area contributed by atoms with Gasteiger partial charge >= 0.3 is 5.97 Å². The second kappa shape index (κ2) is 13.7. The third kappa shape index (κ3) is 7.04. The number of rotatable bonds is 13. The fourth-order valence-electron chi connectivity index (χ4n) is 7.05. The Balaban J connectivity index is 1.47. The van der Waals surface area contributed by atoms with Crippen molar-refractivity contribution in [3.05, 3.63) is 47.5 Å². The van der Waals surface area contributed by atoms with Crippen molar-refractivity contribution in [2.45, 2.75) is 65.0 Å². The number of benzene rings is 2. The summed E-state index contributed by atoms with van der Waals surface area (Å²) in [5, 5.41) is 10.7. The highest BCUT2D eigenvalue weighted by Gasteiger charge is 2.48. The third-order valence-corrected chi connectivity index (χ3v) is 9.27. The zero-order valence-electron chi connectivity index (χ0n) is 26.8. The van der Waals surface area contributed by atoms with Crippen LogP contribution in [0.4, 0.5) is 5.69 Å². The number of carbonyl (C=O) groups excluding carboxylic acids is 2. The van der Waals surface area contributed by atoms with Crippen molar-refractivity contribution in [3.8, 4) is 17.2 Å². The number of nitrogens with two attached hydrogens (primary N) is 1. The average molecular weight is 623 g/mol. The number of ether oxygens (including phenoxy) is 3. The molecular weight excluding hydrogens is 576 g/mol. The Morgan fingerprint density at radius 3 is 2.67 bits per heavy atom. The van der Waals surface area contributed by atoms with E-state index in [0.29, 0.717) is 62.8 Å². The molecule has 2 amide bonds. The lowest BCUT2D eigenvalue weighted by molar-refractivity contribution is -0.143. The van der Waals surface area contributed by atoms with Crippen LogP contribution >= 0.6 is 0 Å². The van der Waals surface area contributed by atoms with Crippen LogP contribution in [-0.4, -0.2) is 85.4 Å². The Bertz CT molecular complexity index is 1410. The molecule has 11 nitrogen and oxygen atoms in total. The number of hydrogen-bond acceptors (Lipinski definition) is 8. The largest absolute Gasteiger partial charge is 0.493 e. The molecule has 2 aromatic rings. The lowest BCUT2D eigenvalue weighted by Crippen LogP contribution is -2.45. The molecule has 0 aliphatic carbocycles. The number of amides is 2. The number of nitrogens with zero attached hydrogens (tertiary/aromatic N) is 3. The first-order chi connectivity index (χ1) is 21.5. The van der Waals surface area contributed by atoms with Gasteiger partial charge < -0.3 is 34.9 Å². The maximum absolute atomic E-state index is 14.1. The van der Waals surface area contributed by atoms with Crippen LogP contribution in [0.5, 0.6) is 17.2 Å². The van der Waals surface area contributed by atoms with E-state index in [2.05, 4.69) is 20.8 Å². The molecule has 3 heterocycles. The molecule has 2 aromatic carbocycles. The van der Waals surface area contributed by atoms with E-state index in [-0.39, 0.29) is 30.6 Å². The van der Waals surface area contributed by atoms with Gasteiger partial charge in [-0.05, 0) is 53.6 Å². The minimum absolute atomic E-state index is 0.0443. The predicted octanol–water partition coefficient (Wildman–Crippen LogP) is 3.83. The van der Waals surface area contributed by atoms with Gasteiger partial charge in [-0.1, -0.05) is 39.3 Å². The molecule has 45 heavy (non-hydrogen) atoms. The highest BCUT2D eigenvalue weighted by atomic mass is 16.7. The lowest BCUT2D eigenvalue weighted by Gasteiger charge is -2.31. The van der Waals surface area contributed by atoms with Gasteiger partial charge in [-0.15, -0.1) is 0 Å². The van der Waals surface area contributed by atoms with Crippen LogP contribution < -0.4 is 24.8 Å². The second-order valence-corrected chi connectivity index (χ2v) is 13.1. The number of carboxylic acids is 1. The number of carbonyl (C=O) groups is 3. The molecule has 2 fully saturated rings. The van der Waals surface area contributed by atoms with Crippen LogP contribution in [0.2, 0.25) is 0 Å². The summed E-state index contributed by atoms with van der Waals surface area (Å²) >= 11 is 0. The van der Waals surface area contributed by atoms with E-state index in [1.54, 1.807) is 4.90 Å². The number of fused-ring (bicyclic) bond motifs is 1. The molecule has 0 bridgehead atoms. The molecule has 0 radical (unpaired) electrons. The van der Waals surface area contributed by atoms with Gasteiger partial charge in [0.2, 0.25) is 24.4 Å². The minimum Gasteiger partial charge on any atom is -0.493 e. The molecule has 0 unspecified atom stereocenters. The summed E-state index contributed by atoms with van der Waals surface area (Å²) in [5.41, 5.74) is 8.24. The molecule has 5 rings (SSSR count). The molecule has 2 saturated heterocycles. The molecule has 0 saturated carbocycles. The number of hydrogen-bond donors (Lipinski definition) is 2. The zero-order chi connectivity index (χ0) is 32.3. The summed E-state index contributed by atoms with van der Waals surface area (Å²) in [5.74, 6) is -0.749. The lowest BCUT2D eigenvalue weighted by atomic mass is 9.84. The summed E-state index contributed by atoms with van der Waals surface area (Å²) in [6.45, 7) is 8.63. The fraction of sp³-hybridized carbons (Fsp3) is 0.559. The predicted molar refractivity (Wildman–Crippen MR) is 170 cm³/mol. The van der Waals surface area contributed by atoms with Crippen LogP contribution in [0.3, 0.4) is 0 Å². The van der Waals surface area contributed by atoms with Gasteiger partial charge in [0.25, 0.3) is 0 Å². The summed E-state index contributed by atoms with van der Waals surface area (Å²) in [6.07, 6.45) is 2.65. The number of likely N-dealkylation sites (tertiary alicyclic amines) is 2. The molecule has 244 valence electrons. The first-order valence-corrected chi connectivity index (χ1v) is 15.9. The van der Waals surface area contributed by atoms with Gasteiger partial charge in [-0.2, -0.15) is 0 Å². The standard InChI is InChI=1S/C34H46N4O7/c1-5-6-11-38(24-9-7-8-22(13-24)17-35)30(40)19-37-18-25(23-14-27(43-4)32-28(15-23)44-21-45-32)31(33(41)42)26(37)10-12-36-20-34(2,3)16-29(36)39/h7-9,13-15,25-26,31H,5-6,10-12,16-21,35H2,1-4H3,(H,41,42)/t25-,26+,31-/m1/s1. The van der Waals surface area contributed by atoms with Crippen LogP contribution in [0.15, 0.2) is 36.4 Å². The van der Waals surface area contributed by atoms with E-state index in [1.807, 2.05) is 46.2 Å². The second-order valence-electron chi connectivity index (χ2n) is 13.1. The SMILES string of the molecule is CCCCN(C(=O)CN1C[C@H](c2cc(OC)c3c(c2)OCO3)[C@@H](C(=O)O)[C@@H]1CCN1CC(C)(C)CC1=O)c1cccc(CN)c1. The Morgan fingerprint density at radius 2 is 2.00 bits per heavy atom. The number of unbranched alkanes of at least 4 members (excludes halogenated alkanes) is 1. The van der Waals surface area contributed by atoms with Crippen LogP contribution in [0.25, 0.3) is 0 Å². The number of methoxy groups -OCH3 is 1. The number of aliphatic carboxylic acids is 1. The smallest absolute Gasteiger partial charge is 0.308 e. The highest BCUT2D eigenvalue weighted by molar-refractivity contribution is 5.95. The first kappa shape index (κ1) is 32.6. The van der Waals surface area contributed by atoms with Crippen LogP contribution in [-0.2, 0) is 20.9 Å². The number of anilines is 1. The monoisotopic (exact) mass is 622 g/mol. The van der Waals surface area contributed by atoms with Crippen molar-refractivity contribution in [3.63, 3.8) is 0 Å². The van der Waals surface area contributed by atoms with Gasteiger partial charge in [0, 0.05) is 56.8 Å². The van der Waals surface area contributed by atoms with Crippen LogP contribution in [0.1, 0.15) is 63.5 Å². The zero-order valence-corrected chi connectivity index (χ0v) is 26.8. The Kier molecular flexibility index (Phi) is 9.88. The fourth-order valence-corrected chi connectivity index (χ4v) is 7.05. The van der Waals surface area contributed by atoms with Gasteiger partial charge in [0.1, 0.15) is 0 Å². The first-order valence-electron chi connectivity index (χ1n) is 15.9. The van der Waals surface area contributed by atoms with Gasteiger partial charge in [0.05, 0.1) is 19.6 Å².